The number of carbonyl (C=O) groups is 9. The topological polar surface area (TPSA) is 304 Å². The molecule has 0 aliphatic heterocycles. The number of nitrogens with one attached hydrogen (secondary N) is 5. The molecule has 60 heavy (non-hydrogen) atoms. The van der Waals surface area contributed by atoms with Crippen LogP contribution in [0.4, 0.5) is 0 Å². The Morgan fingerprint density at radius 1 is 0.700 bits per heavy atom. The molecule has 10 N–H and O–H groups in total. The summed E-state index contributed by atoms with van der Waals surface area (Å²) in [6.07, 6.45) is -0.0176. The van der Waals surface area contributed by atoms with Crippen LogP contribution in [-0.4, -0.2) is 129 Å². The van der Waals surface area contributed by atoms with Gasteiger partial charge in [0.1, 0.15) is 36.0 Å². The lowest BCUT2D eigenvalue weighted by Crippen LogP contribution is -2.59. The summed E-state index contributed by atoms with van der Waals surface area (Å²) in [4.78, 5) is 116. The molecule has 20 heteroatoms. The van der Waals surface area contributed by atoms with Crippen molar-refractivity contribution in [2.45, 2.75) is 89.0 Å². The van der Waals surface area contributed by atoms with Crippen LogP contribution < -0.4 is 32.3 Å². The molecule has 0 aliphatic carbocycles. The summed E-state index contributed by atoms with van der Waals surface area (Å²) in [5.41, 5.74) is 6.53. The summed E-state index contributed by atoms with van der Waals surface area (Å²) in [7, 11) is 1.29. The maximum Gasteiger partial charge on any atom is 0.305 e. The molecule has 0 fully saturated rings. The quantitative estimate of drug-likeness (QED) is 0.0587. The molecule has 2 rings (SSSR count). The molecule has 328 valence electrons. The molecule has 0 radical (unpaired) electrons. The van der Waals surface area contributed by atoms with E-state index in [1.54, 1.807) is 30.3 Å². The molecule has 0 saturated heterocycles. The average Bonchev–Trinajstić information content (AvgIpc) is 3.19. The lowest BCUT2D eigenvalue weighted by Gasteiger charge is -2.32. The molecule has 0 aromatic heterocycles. The van der Waals surface area contributed by atoms with Crippen molar-refractivity contribution >= 4 is 65.1 Å². The predicted octanol–water partition coefficient (Wildman–Crippen LogP) is -0.316. The number of phenolic OH excluding ortho intramolecular Hbond substituents is 1. The maximum atomic E-state index is 14.3. The highest BCUT2D eigenvalue weighted by atomic mass is 32.2. The first kappa shape index (κ1) is 50.0. The molecule has 0 saturated carbocycles. The van der Waals surface area contributed by atoms with E-state index in [-0.39, 0.29) is 37.4 Å². The number of nitrogens with zero attached hydrogens (tertiary/aromatic N) is 1. The number of carboxylic acid groups (broad SMARTS) is 2. The van der Waals surface area contributed by atoms with E-state index < -0.39 is 109 Å². The number of aliphatic carboxylic acids is 2. The fourth-order valence-corrected chi connectivity index (χ4v) is 6.35. The Morgan fingerprint density at radius 2 is 1.28 bits per heavy atom. The number of rotatable bonds is 26. The number of hydrogen-bond acceptors (Lipinski definition) is 11. The van der Waals surface area contributed by atoms with Crippen LogP contribution in [0.25, 0.3) is 0 Å². The van der Waals surface area contributed by atoms with Gasteiger partial charge in [0.15, 0.2) is 0 Å². The van der Waals surface area contributed by atoms with E-state index in [2.05, 4.69) is 26.6 Å². The largest absolute Gasteiger partial charge is 0.508 e. The summed E-state index contributed by atoms with van der Waals surface area (Å²) in [5, 5.41) is 40.7. The Balaban J connectivity index is 2.39. The van der Waals surface area contributed by atoms with Gasteiger partial charge in [0.25, 0.3) is 0 Å². The van der Waals surface area contributed by atoms with Crippen LogP contribution in [0.5, 0.6) is 5.75 Å². The Bertz CT molecular complexity index is 1810. The number of phenols is 1. The normalized spacial score (nSPS) is 13.3. The zero-order valence-corrected chi connectivity index (χ0v) is 34.8. The minimum atomic E-state index is -1.70. The van der Waals surface area contributed by atoms with Crippen molar-refractivity contribution in [3.05, 3.63) is 65.7 Å². The molecule has 0 heterocycles. The first-order valence-electron chi connectivity index (χ1n) is 19.1. The summed E-state index contributed by atoms with van der Waals surface area (Å²) in [6.45, 7) is 3.02. The number of aromatic hydroxyl groups is 1. The number of thioether (sulfide) groups is 1. The van der Waals surface area contributed by atoms with E-state index in [1.807, 2.05) is 20.1 Å². The minimum absolute atomic E-state index is 0.0659. The smallest absolute Gasteiger partial charge is 0.305 e. The van der Waals surface area contributed by atoms with Gasteiger partial charge in [-0.25, -0.2) is 0 Å². The standard InChI is InChI=1S/C40H55N7O12S/c1-23(2)18-28(37(56)45-27(36(41)55)16-17-60-4)44-33(50)22-42-39(58)31(20-25-10-12-26(48)13-11-25)47(3)40(59)30(19-24-8-6-5-7-9-24)46-38(57)29(21-35(53)54)43-32(49)14-15-34(51)52/h5-13,23,27-31,48H,14-22H2,1-4H3,(H2,41,55)(H,42,58)(H,43,49)(H,44,50)(H,45,56)(H,46,57)(H,51,52)(H,53,54)/t27-,28-,29-,30-,31-/m0/s1. The number of likely N-dealkylation sites (N-methyl/N-ethyl adjacent to an activating group) is 1. The van der Waals surface area contributed by atoms with Crippen LogP contribution >= 0.6 is 11.8 Å². The zero-order valence-electron chi connectivity index (χ0n) is 34.0. The van der Waals surface area contributed by atoms with E-state index in [1.165, 1.54) is 43.1 Å². The van der Waals surface area contributed by atoms with Crippen LogP contribution in [0.2, 0.25) is 0 Å². The second kappa shape index (κ2) is 25.3. The van der Waals surface area contributed by atoms with Crippen molar-refractivity contribution in [1.82, 2.24) is 31.5 Å². The third kappa shape index (κ3) is 18.2. The van der Waals surface area contributed by atoms with Crippen molar-refractivity contribution in [3.8, 4) is 5.75 Å². The van der Waals surface area contributed by atoms with Crippen LogP contribution in [0.15, 0.2) is 54.6 Å². The molecule has 19 nitrogen and oxygen atoms in total. The number of carbonyl (C=O) groups excluding carboxylic acids is 7. The Morgan fingerprint density at radius 3 is 1.85 bits per heavy atom. The molecule has 2 aromatic carbocycles. The maximum absolute atomic E-state index is 14.3. The van der Waals surface area contributed by atoms with Crippen LogP contribution in [0.1, 0.15) is 57.1 Å². The first-order chi connectivity index (χ1) is 28.3. The van der Waals surface area contributed by atoms with Gasteiger partial charge in [-0.3, -0.25) is 43.2 Å². The lowest BCUT2D eigenvalue weighted by atomic mass is 10.00. The number of benzene rings is 2. The highest BCUT2D eigenvalue weighted by molar-refractivity contribution is 7.98. The molecule has 2 aromatic rings. The van der Waals surface area contributed by atoms with Crippen molar-refractivity contribution in [3.63, 3.8) is 0 Å². The fraction of sp³-hybridized carbons (Fsp3) is 0.475. The Hall–Kier alpha value is -6.18. The average molecular weight is 858 g/mol. The third-order valence-electron chi connectivity index (χ3n) is 9.03. The van der Waals surface area contributed by atoms with E-state index >= 15 is 0 Å². The molecule has 0 unspecified atom stereocenters. The number of nitrogens with two attached hydrogens (primary N) is 1. The van der Waals surface area contributed by atoms with Gasteiger partial charge in [-0.05, 0) is 54.0 Å². The number of hydrogen-bond donors (Lipinski definition) is 9. The van der Waals surface area contributed by atoms with Crippen molar-refractivity contribution in [2.24, 2.45) is 11.7 Å². The summed E-state index contributed by atoms with van der Waals surface area (Å²) < 4.78 is 0. The third-order valence-corrected chi connectivity index (χ3v) is 9.67. The van der Waals surface area contributed by atoms with Crippen molar-refractivity contribution in [1.29, 1.82) is 0 Å². The van der Waals surface area contributed by atoms with Crippen LogP contribution in [0.3, 0.4) is 0 Å². The molecule has 0 bridgehead atoms. The van der Waals surface area contributed by atoms with Gasteiger partial charge in [0, 0.05) is 26.3 Å². The highest BCUT2D eigenvalue weighted by Gasteiger charge is 2.35. The first-order valence-corrected chi connectivity index (χ1v) is 20.5. The Labute approximate surface area is 352 Å². The lowest BCUT2D eigenvalue weighted by molar-refractivity contribution is -0.144. The second-order valence-corrected chi connectivity index (χ2v) is 15.4. The van der Waals surface area contributed by atoms with Gasteiger partial charge in [0.2, 0.25) is 41.4 Å². The van der Waals surface area contributed by atoms with Gasteiger partial charge in [-0.2, -0.15) is 11.8 Å². The highest BCUT2D eigenvalue weighted by Crippen LogP contribution is 2.16. The van der Waals surface area contributed by atoms with Crippen LogP contribution in [-0.2, 0) is 56.0 Å². The molecule has 0 spiro atoms. The van der Waals surface area contributed by atoms with Gasteiger partial charge in [-0.1, -0.05) is 56.3 Å². The monoisotopic (exact) mass is 857 g/mol. The van der Waals surface area contributed by atoms with Gasteiger partial charge in [0.05, 0.1) is 19.4 Å². The minimum Gasteiger partial charge on any atom is -0.508 e. The number of amides is 7. The number of carboxylic acids is 2. The Kier molecular flexibility index (Phi) is 21.1. The predicted molar refractivity (Wildman–Crippen MR) is 220 cm³/mol. The van der Waals surface area contributed by atoms with Crippen molar-refractivity contribution in [2.75, 3.05) is 25.6 Å². The molecule has 0 aliphatic rings. The van der Waals surface area contributed by atoms with Gasteiger partial charge >= 0.3 is 11.9 Å². The van der Waals surface area contributed by atoms with Crippen LogP contribution in [0, 0.1) is 5.92 Å². The fourth-order valence-electron chi connectivity index (χ4n) is 5.88. The molecule has 5 atom stereocenters. The molecular formula is C40H55N7O12S. The van der Waals surface area contributed by atoms with E-state index in [4.69, 9.17) is 10.8 Å². The van der Waals surface area contributed by atoms with E-state index in [9.17, 15) is 53.4 Å². The van der Waals surface area contributed by atoms with Gasteiger partial charge < -0.3 is 52.5 Å². The summed E-state index contributed by atoms with van der Waals surface area (Å²) >= 11 is 1.46. The SMILES string of the molecule is CSCC[C@H](NC(=O)[C@H](CC(C)C)NC(=O)CNC(=O)[C@H](Cc1ccc(O)cc1)N(C)C(=O)[C@H](Cc1ccccc1)NC(=O)[C@H](CC(=O)O)NC(=O)CCC(=O)O)C(N)=O. The molecule has 7 amide bonds. The van der Waals surface area contributed by atoms with E-state index in [0.29, 0.717) is 16.9 Å². The summed E-state index contributed by atoms with van der Waals surface area (Å²) in [6, 6.07) is 7.64. The van der Waals surface area contributed by atoms with Crippen molar-refractivity contribution < 1.29 is 58.5 Å². The van der Waals surface area contributed by atoms with E-state index in [0.717, 1.165) is 4.90 Å². The van der Waals surface area contributed by atoms with Gasteiger partial charge in [-0.15, -0.1) is 0 Å². The number of primary amides is 1. The zero-order chi connectivity index (χ0) is 44.9. The second-order valence-electron chi connectivity index (χ2n) is 14.4. The molecular weight excluding hydrogens is 803 g/mol. The summed E-state index contributed by atoms with van der Waals surface area (Å²) in [5.74, 6) is -8.09.